The number of anilines is 1. The molecule has 0 aromatic carbocycles. The van der Waals surface area contributed by atoms with E-state index in [1.54, 1.807) is 0 Å². The van der Waals surface area contributed by atoms with Gasteiger partial charge >= 0.3 is 0 Å². The van der Waals surface area contributed by atoms with Crippen LogP contribution in [0.4, 0.5) is 5.82 Å². The molecule has 0 radical (unpaired) electrons. The average molecular weight is 274 g/mol. The number of likely N-dealkylation sites (N-methyl/N-ethyl adjacent to an activating group) is 1. The molecule has 0 N–H and O–H groups in total. The molecular weight excluding hydrogens is 248 g/mol. The van der Waals surface area contributed by atoms with Crippen molar-refractivity contribution in [3.8, 4) is 0 Å². The monoisotopic (exact) mass is 274 g/mol. The van der Waals surface area contributed by atoms with E-state index in [0.717, 1.165) is 32.0 Å². The van der Waals surface area contributed by atoms with Crippen LogP contribution >= 0.6 is 0 Å². The van der Waals surface area contributed by atoms with E-state index in [0.29, 0.717) is 6.04 Å². The zero-order valence-corrected chi connectivity index (χ0v) is 12.8. The van der Waals surface area contributed by atoms with Gasteiger partial charge in [-0.1, -0.05) is 12.5 Å². The summed E-state index contributed by atoms with van der Waals surface area (Å²) in [5, 5.41) is 0. The Hall–Kier alpha value is -1.13. The summed E-state index contributed by atoms with van der Waals surface area (Å²) in [4.78, 5) is 12.0. The second-order valence-corrected chi connectivity index (χ2v) is 6.23. The smallest absolute Gasteiger partial charge is 0.128 e. The Balaban J connectivity index is 1.68. The molecule has 2 fully saturated rings. The molecule has 0 unspecified atom stereocenters. The number of pyridine rings is 1. The van der Waals surface area contributed by atoms with E-state index in [4.69, 9.17) is 4.98 Å². The van der Waals surface area contributed by atoms with Gasteiger partial charge in [0.2, 0.25) is 0 Å². The second-order valence-electron chi connectivity index (χ2n) is 6.23. The van der Waals surface area contributed by atoms with Crippen LogP contribution in [0.15, 0.2) is 18.3 Å². The van der Waals surface area contributed by atoms with Crippen molar-refractivity contribution in [1.29, 1.82) is 0 Å². The largest absolute Gasteiger partial charge is 0.354 e. The van der Waals surface area contributed by atoms with Gasteiger partial charge in [-0.2, -0.15) is 0 Å². The molecule has 0 spiro atoms. The lowest BCUT2D eigenvalue weighted by Gasteiger charge is -2.34. The topological polar surface area (TPSA) is 22.6 Å². The second kappa shape index (κ2) is 6.10. The number of hydrogen-bond donors (Lipinski definition) is 0. The van der Waals surface area contributed by atoms with Crippen molar-refractivity contribution in [1.82, 2.24) is 14.8 Å². The number of piperazine rings is 1. The molecule has 4 nitrogen and oxygen atoms in total. The Labute approximate surface area is 122 Å². The normalized spacial score (nSPS) is 25.9. The first-order valence-corrected chi connectivity index (χ1v) is 7.84. The number of likely N-dealkylation sites (tertiary alicyclic amines) is 1. The summed E-state index contributed by atoms with van der Waals surface area (Å²) < 4.78 is 0. The van der Waals surface area contributed by atoms with Crippen molar-refractivity contribution in [2.45, 2.75) is 25.3 Å². The van der Waals surface area contributed by atoms with Gasteiger partial charge in [0.25, 0.3) is 0 Å². The Morgan fingerprint density at radius 3 is 2.45 bits per heavy atom. The summed E-state index contributed by atoms with van der Waals surface area (Å²) in [6.45, 7) is 5.66. The minimum absolute atomic E-state index is 0.567. The van der Waals surface area contributed by atoms with Crippen LogP contribution in [0, 0.1) is 0 Å². The molecule has 1 atom stereocenters. The molecule has 1 aromatic rings. The van der Waals surface area contributed by atoms with Gasteiger partial charge in [0, 0.05) is 38.4 Å². The van der Waals surface area contributed by atoms with E-state index >= 15 is 0 Å². The van der Waals surface area contributed by atoms with Gasteiger partial charge in [-0.15, -0.1) is 0 Å². The van der Waals surface area contributed by atoms with Crippen molar-refractivity contribution in [3.05, 3.63) is 23.9 Å². The van der Waals surface area contributed by atoms with Crippen molar-refractivity contribution in [3.63, 3.8) is 0 Å². The molecule has 20 heavy (non-hydrogen) atoms. The number of rotatable bonds is 2. The van der Waals surface area contributed by atoms with Crippen LogP contribution in [0.2, 0.25) is 0 Å². The van der Waals surface area contributed by atoms with Crippen molar-refractivity contribution in [2.24, 2.45) is 0 Å². The molecule has 0 saturated carbocycles. The fraction of sp³-hybridized carbons (Fsp3) is 0.688. The van der Waals surface area contributed by atoms with Crippen molar-refractivity contribution >= 4 is 5.82 Å². The molecule has 0 aliphatic carbocycles. The fourth-order valence-electron chi connectivity index (χ4n) is 3.31. The zero-order valence-electron chi connectivity index (χ0n) is 12.8. The first kappa shape index (κ1) is 13.8. The Morgan fingerprint density at radius 1 is 1.00 bits per heavy atom. The average Bonchev–Trinajstić information content (AvgIpc) is 2.49. The standard InChI is InChI=1S/C16H26N4/c1-18-9-11-20(12-10-18)16-7-6-14(13-17-16)15-5-3-4-8-19(15)2/h6-7,13,15H,3-5,8-12H2,1-2H3/t15-/m0/s1. The van der Waals surface area contributed by atoms with Crippen LogP contribution in [0.25, 0.3) is 0 Å². The maximum absolute atomic E-state index is 4.72. The van der Waals surface area contributed by atoms with E-state index < -0.39 is 0 Å². The lowest BCUT2D eigenvalue weighted by atomic mass is 9.97. The van der Waals surface area contributed by atoms with Crippen molar-refractivity contribution in [2.75, 3.05) is 51.7 Å². The van der Waals surface area contributed by atoms with Gasteiger partial charge < -0.3 is 9.80 Å². The first-order valence-electron chi connectivity index (χ1n) is 7.84. The molecule has 3 rings (SSSR count). The summed E-state index contributed by atoms with van der Waals surface area (Å²) in [5.41, 5.74) is 1.38. The van der Waals surface area contributed by atoms with E-state index in [-0.39, 0.29) is 0 Å². The number of aromatic nitrogens is 1. The molecule has 2 saturated heterocycles. The molecule has 2 aliphatic heterocycles. The minimum Gasteiger partial charge on any atom is -0.354 e. The summed E-state index contributed by atoms with van der Waals surface area (Å²) >= 11 is 0. The SMILES string of the molecule is CN1CCN(c2ccc([C@@H]3CCCCN3C)cn2)CC1. The van der Waals surface area contributed by atoms with Gasteiger partial charge in [-0.3, -0.25) is 4.90 Å². The van der Waals surface area contributed by atoms with Crippen LogP contribution in [0.1, 0.15) is 30.9 Å². The number of hydrogen-bond acceptors (Lipinski definition) is 4. The summed E-state index contributed by atoms with van der Waals surface area (Å²) in [6, 6.07) is 5.06. The van der Waals surface area contributed by atoms with Gasteiger partial charge in [0.1, 0.15) is 5.82 Å². The van der Waals surface area contributed by atoms with Crippen LogP contribution < -0.4 is 4.90 Å². The Kier molecular flexibility index (Phi) is 4.22. The molecule has 110 valence electrons. The maximum Gasteiger partial charge on any atom is 0.128 e. The highest BCUT2D eigenvalue weighted by Gasteiger charge is 2.21. The van der Waals surface area contributed by atoms with Crippen LogP contribution in [-0.2, 0) is 0 Å². The molecule has 0 amide bonds. The van der Waals surface area contributed by atoms with E-state index in [1.807, 2.05) is 0 Å². The van der Waals surface area contributed by atoms with Crippen LogP contribution in [0.3, 0.4) is 0 Å². The molecule has 1 aromatic heterocycles. The molecular formula is C16H26N4. The van der Waals surface area contributed by atoms with E-state index in [9.17, 15) is 0 Å². The summed E-state index contributed by atoms with van der Waals surface area (Å²) in [6.07, 6.45) is 6.04. The van der Waals surface area contributed by atoms with Gasteiger partial charge in [0.05, 0.1) is 0 Å². The predicted molar refractivity (Wildman–Crippen MR) is 83.2 cm³/mol. The molecule has 2 aliphatic rings. The fourth-order valence-corrected chi connectivity index (χ4v) is 3.31. The Morgan fingerprint density at radius 2 is 1.80 bits per heavy atom. The molecule has 4 heteroatoms. The van der Waals surface area contributed by atoms with Gasteiger partial charge in [-0.05, 0) is 45.1 Å². The van der Waals surface area contributed by atoms with Crippen LogP contribution in [0.5, 0.6) is 0 Å². The predicted octanol–water partition coefficient (Wildman–Crippen LogP) is 1.99. The third kappa shape index (κ3) is 2.96. The number of piperidine rings is 1. The quantitative estimate of drug-likeness (QED) is 0.822. The zero-order chi connectivity index (χ0) is 13.9. The third-order valence-electron chi connectivity index (χ3n) is 4.75. The Bertz CT molecular complexity index is 423. The highest BCUT2D eigenvalue weighted by atomic mass is 15.3. The van der Waals surface area contributed by atoms with E-state index in [2.05, 4.69) is 47.1 Å². The molecule has 0 bridgehead atoms. The van der Waals surface area contributed by atoms with E-state index in [1.165, 1.54) is 31.4 Å². The minimum atomic E-state index is 0.567. The summed E-state index contributed by atoms with van der Waals surface area (Å²) in [5.74, 6) is 1.14. The highest BCUT2D eigenvalue weighted by molar-refractivity contribution is 5.40. The maximum atomic E-state index is 4.72. The molecule has 3 heterocycles. The lowest BCUT2D eigenvalue weighted by Crippen LogP contribution is -2.44. The van der Waals surface area contributed by atoms with Crippen LogP contribution in [-0.4, -0.2) is 61.6 Å². The van der Waals surface area contributed by atoms with Crippen molar-refractivity contribution < 1.29 is 0 Å². The van der Waals surface area contributed by atoms with Gasteiger partial charge in [-0.25, -0.2) is 4.98 Å². The third-order valence-corrected chi connectivity index (χ3v) is 4.75. The highest BCUT2D eigenvalue weighted by Crippen LogP contribution is 2.29. The van der Waals surface area contributed by atoms with Gasteiger partial charge in [0.15, 0.2) is 0 Å². The first-order chi connectivity index (χ1) is 9.74. The summed E-state index contributed by atoms with van der Waals surface area (Å²) in [7, 11) is 4.42. The number of nitrogens with zero attached hydrogens (tertiary/aromatic N) is 4. The lowest BCUT2D eigenvalue weighted by molar-refractivity contribution is 0.187.